The number of rotatable bonds is 16. The molecular weight excluding hydrogens is 719 g/mol. The van der Waals surface area contributed by atoms with Crippen LogP contribution < -0.4 is 16.4 Å². The van der Waals surface area contributed by atoms with Crippen molar-refractivity contribution in [3.8, 4) is 5.75 Å². The summed E-state index contributed by atoms with van der Waals surface area (Å²) in [6.07, 6.45) is 15.5. The predicted octanol–water partition coefficient (Wildman–Crippen LogP) is 10.8. The number of H-pyrrole nitrogens is 2. The lowest BCUT2D eigenvalue weighted by atomic mass is 9.57. The molecule has 2 amide bonds. The molecule has 8 heteroatoms. The van der Waals surface area contributed by atoms with Crippen molar-refractivity contribution in [2.45, 2.75) is 119 Å². The quantitative estimate of drug-likeness (QED) is 0.0805. The van der Waals surface area contributed by atoms with Gasteiger partial charge in [-0.25, -0.2) is 0 Å². The minimum atomic E-state index is -0.121. The summed E-state index contributed by atoms with van der Waals surface area (Å²) in [5.74, 6) is 1.57. The molecule has 0 bridgehead atoms. The first kappa shape index (κ1) is 44.5. The Morgan fingerprint density at radius 1 is 0.810 bits per heavy atom. The molecule has 0 aliphatic heterocycles. The number of allylic oxidation sites excluding steroid dienone is 4. The van der Waals surface area contributed by atoms with E-state index in [0.29, 0.717) is 48.7 Å². The molecular formula is C50H71N5O3. The fourth-order valence-corrected chi connectivity index (χ4v) is 9.26. The summed E-state index contributed by atoms with van der Waals surface area (Å²) >= 11 is 0. The van der Waals surface area contributed by atoms with E-state index in [9.17, 15) is 14.7 Å². The van der Waals surface area contributed by atoms with Gasteiger partial charge in [-0.1, -0.05) is 83.9 Å². The van der Waals surface area contributed by atoms with Crippen molar-refractivity contribution in [3.63, 3.8) is 0 Å². The Kier molecular flexibility index (Phi) is 14.9. The van der Waals surface area contributed by atoms with Gasteiger partial charge >= 0.3 is 0 Å². The smallest absolute Gasteiger partial charge is 0.267 e. The van der Waals surface area contributed by atoms with Crippen LogP contribution in [-0.2, 0) is 6.42 Å². The van der Waals surface area contributed by atoms with Gasteiger partial charge in [-0.3, -0.25) is 9.59 Å². The van der Waals surface area contributed by atoms with Gasteiger partial charge in [0, 0.05) is 24.5 Å². The number of carbonyl (C=O) groups is 2. The lowest BCUT2D eigenvalue weighted by molar-refractivity contribution is 0.0710. The monoisotopic (exact) mass is 790 g/mol. The van der Waals surface area contributed by atoms with Crippen LogP contribution in [0.5, 0.6) is 5.75 Å². The van der Waals surface area contributed by atoms with E-state index in [1.807, 2.05) is 24.3 Å². The van der Waals surface area contributed by atoms with E-state index < -0.39 is 0 Å². The van der Waals surface area contributed by atoms with Crippen LogP contribution in [0.15, 0.2) is 71.8 Å². The molecule has 1 aromatic carbocycles. The largest absolute Gasteiger partial charge is 0.508 e. The van der Waals surface area contributed by atoms with Gasteiger partial charge in [-0.05, 0) is 171 Å². The molecule has 58 heavy (non-hydrogen) atoms. The van der Waals surface area contributed by atoms with Crippen LogP contribution in [0.3, 0.4) is 0 Å². The summed E-state index contributed by atoms with van der Waals surface area (Å²) in [6.45, 7) is 27.2. The van der Waals surface area contributed by atoms with Gasteiger partial charge in [0.05, 0.1) is 0 Å². The maximum absolute atomic E-state index is 13.1. The van der Waals surface area contributed by atoms with Crippen LogP contribution in [0.1, 0.15) is 148 Å². The second-order valence-electron chi connectivity index (χ2n) is 19.0. The normalized spacial score (nSPS) is 20.5. The third-order valence-electron chi connectivity index (χ3n) is 13.0. The third kappa shape index (κ3) is 11.8. The summed E-state index contributed by atoms with van der Waals surface area (Å²) in [5, 5.41) is 15.7. The van der Waals surface area contributed by atoms with Crippen LogP contribution in [-0.4, -0.2) is 46.5 Å². The molecule has 2 aliphatic carbocycles. The van der Waals surface area contributed by atoms with Gasteiger partial charge in [0.1, 0.15) is 17.1 Å². The molecule has 2 saturated carbocycles. The second kappa shape index (κ2) is 19.5. The van der Waals surface area contributed by atoms with Crippen molar-refractivity contribution in [2.75, 3.05) is 19.6 Å². The lowest BCUT2D eigenvalue weighted by Gasteiger charge is -2.47. The SMILES string of the molecule is C=C1CC(CC(C)(C)C2CCC(=C)/C(=C\c3[nH]c(C(=O)NCCc4ccc(O)cc4)cc3C)C2)C(C(C)(C)C)C/C1=C/c1[nH]c(C(=O)NCCCCCCN)cc1C. The van der Waals surface area contributed by atoms with Crippen LogP contribution in [0, 0.1) is 42.4 Å². The standard InChI is InChI=1S/C50H71N5O3/c1-32-14-17-40(27-37(32)29-43-34(3)26-46(54-43)48(58)53-23-20-36-15-18-41(56)19-16-36)50(8,9)31-39-24-33(2)38(28-42(39)49(5,6)7)30-44-35(4)25-45(55-44)47(57)52-22-13-11-10-12-21-51/h15-16,18-19,25-26,29-30,39-40,42,54-56H,1-2,10-14,17,20-24,27-28,31,51H2,3-9H3,(H,52,57)(H,53,58)/b37-29-,38-30-. The molecule has 2 aliphatic rings. The van der Waals surface area contributed by atoms with E-state index >= 15 is 0 Å². The maximum atomic E-state index is 13.1. The molecule has 5 rings (SSSR count). The molecule has 2 heterocycles. The Bertz CT molecular complexity index is 1980. The number of aromatic amines is 2. The van der Waals surface area contributed by atoms with Crippen LogP contribution in [0.4, 0.5) is 0 Å². The highest BCUT2D eigenvalue weighted by atomic mass is 16.3. The van der Waals surface area contributed by atoms with E-state index in [4.69, 9.17) is 5.73 Å². The number of nitrogens with one attached hydrogen (secondary N) is 4. The average molecular weight is 790 g/mol. The number of carbonyl (C=O) groups excluding carboxylic acids is 2. The highest BCUT2D eigenvalue weighted by molar-refractivity contribution is 5.94. The fourth-order valence-electron chi connectivity index (χ4n) is 9.26. The van der Waals surface area contributed by atoms with Gasteiger partial charge in [-0.2, -0.15) is 0 Å². The number of hydrogen-bond donors (Lipinski definition) is 6. The Morgan fingerprint density at radius 2 is 1.38 bits per heavy atom. The van der Waals surface area contributed by atoms with E-state index in [-0.39, 0.29) is 28.4 Å². The number of phenolic OH excluding ortho intramolecular Hbond substituents is 1. The molecule has 0 spiro atoms. The number of aromatic nitrogens is 2. The Labute approximate surface area is 348 Å². The molecule has 2 fully saturated rings. The summed E-state index contributed by atoms with van der Waals surface area (Å²) in [4.78, 5) is 32.8. The van der Waals surface area contributed by atoms with Crippen molar-refractivity contribution in [2.24, 2.45) is 34.3 Å². The van der Waals surface area contributed by atoms with E-state index in [1.165, 1.54) is 22.3 Å². The summed E-state index contributed by atoms with van der Waals surface area (Å²) < 4.78 is 0. The molecule has 3 atom stereocenters. The van der Waals surface area contributed by atoms with E-state index in [2.05, 4.69) is 94.4 Å². The second-order valence-corrected chi connectivity index (χ2v) is 19.0. The van der Waals surface area contributed by atoms with Gasteiger partial charge in [0.25, 0.3) is 11.8 Å². The first-order chi connectivity index (χ1) is 27.4. The first-order valence-corrected chi connectivity index (χ1v) is 21.7. The first-order valence-electron chi connectivity index (χ1n) is 21.7. The number of aromatic hydroxyl groups is 1. The molecule has 8 nitrogen and oxygen atoms in total. The van der Waals surface area contributed by atoms with E-state index in [0.717, 1.165) is 98.8 Å². The third-order valence-corrected chi connectivity index (χ3v) is 13.0. The minimum Gasteiger partial charge on any atom is -0.508 e. The van der Waals surface area contributed by atoms with Gasteiger partial charge in [0.2, 0.25) is 0 Å². The van der Waals surface area contributed by atoms with Crippen LogP contribution in [0.25, 0.3) is 12.2 Å². The van der Waals surface area contributed by atoms with Crippen LogP contribution in [0.2, 0.25) is 0 Å². The lowest BCUT2D eigenvalue weighted by Crippen LogP contribution is -2.37. The predicted molar refractivity (Wildman–Crippen MR) is 241 cm³/mol. The highest BCUT2D eigenvalue weighted by Gasteiger charge is 2.42. The zero-order chi connectivity index (χ0) is 42.2. The van der Waals surface area contributed by atoms with Crippen molar-refractivity contribution in [1.29, 1.82) is 0 Å². The number of amides is 2. The molecule has 3 aromatic rings. The van der Waals surface area contributed by atoms with E-state index in [1.54, 1.807) is 12.1 Å². The fraction of sp³-hybridized carbons (Fsp3) is 0.520. The molecule has 0 radical (unpaired) electrons. The molecule has 314 valence electrons. The zero-order valence-corrected chi connectivity index (χ0v) is 36.5. The van der Waals surface area contributed by atoms with Crippen molar-refractivity contribution in [3.05, 3.63) is 111 Å². The molecule has 0 saturated heterocycles. The van der Waals surface area contributed by atoms with Gasteiger partial charge in [-0.15, -0.1) is 0 Å². The number of hydrogen-bond acceptors (Lipinski definition) is 4. The maximum Gasteiger partial charge on any atom is 0.267 e. The Balaban J connectivity index is 1.23. The number of aryl methyl sites for hydroxylation is 2. The Morgan fingerprint density at radius 3 is 1.97 bits per heavy atom. The number of unbranched alkanes of at least 4 members (excludes halogenated alkanes) is 3. The van der Waals surface area contributed by atoms with Crippen molar-refractivity contribution < 1.29 is 14.7 Å². The zero-order valence-electron chi connectivity index (χ0n) is 36.5. The highest BCUT2D eigenvalue weighted by Crippen LogP contribution is 2.53. The molecule has 3 unspecified atom stereocenters. The van der Waals surface area contributed by atoms with Gasteiger partial charge < -0.3 is 31.4 Å². The summed E-state index contributed by atoms with van der Waals surface area (Å²) in [6, 6.07) is 11.0. The van der Waals surface area contributed by atoms with Crippen molar-refractivity contribution >= 4 is 24.0 Å². The molecule has 7 N–H and O–H groups in total. The summed E-state index contributed by atoms with van der Waals surface area (Å²) in [5.41, 5.74) is 17.1. The number of benzene rings is 1. The molecule has 2 aromatic heterocycles. The van der Waals surface area contributed by atoms with Gasteiger partial charge in [0.15, 0.2) is 0 Å². The summed E-state index contributed by atoms with van der Waals surface area (Å²) in [7, 11) is 0. The number of nitrogens with two attached hydrogens (primary N) is 1. The average Bonchev–Trinajstić information content (AvgIpc) is 3.72. The van der Waals surface area contributed by atoms with Crippen LogP contribution >= 0.6 is 0 Å². The minimum absolute atomic E-state index is 0.0531. The number of phenols is 1. The topological polar surface area (TPSA) is 136 Å². The Hall–Kier alpha value is -4.56. The van der Waals surface area contributed by atoms with Crippen molar-refractivity contribution in [1.82, 2.24) is 20.6 Å².